The third kappa shape index (κ3) is 5.62. The van der Waals surface area contributed by atoms with Gasteiger partial charge in [-0.05, 0) is 41.3 Å². The van der Waals surface area contributed by atoms with Crippen LogP contribution < -0.4 is 19.5 Å². The van der Waals surface area contributed by atoms with Crippen LogP contribution in [-0.2, 0) is 10.0 Å². The molecule has 0 bridgehead atoms. The molecule has 2 aromatic heterocycles. The number of thiophene rings is 1. The maximum Gasteiger partial charge on any atom is 0.262 e. The van der Waals surface area contributed by atoms with Gasteiger partial charge in [0.15, 0.2) is 0 Å². The smallest absolute Gasteiger partial charge is 0.262 e. The minimum atomic E-state index is -3.75. The first-order valence-electron chi connectivity index (χ1n) is 10.3. The summed E-state index contributed by atoms with van der Waals surface area (Å²) in [5.74, 6) is 1.21. The molecule has 2 heterocycles. The molecule has 2 aromatic carbocycles. The zero-order valence-corrected chi connectivity index (χ0v) is 20.5. The van der Waals surface area contributed by atoms with E-state index < -0.39 is 16.1 Å². The van der Waals surface area contributed by atoms with E-state index in [1.807, 2.05) is 18.2 Å². The van der Waals surface area contributed by atoms with Crippen LogP contribution in [-0.4, -0.2) is 50.5 Å². The summed E-state index contributed by atoms with van der Waals surface area (Å²) in [6.45, 7) is 1.13. The Kier molecular flexibility index (Phi) is 7.59. The maximum atomic E-state index is 12.5. The number of ether oxygens (including phenoxy) is 2. The maximum absolute atomic E-state index is 12.5. The molecule has 12 heteroatoms. The zero-order chi connectivity index (χ0) is 24.1. The molecular formula is C22H23ClN4O5S2. The van der Waals surface area contributed by atoms with Crippen molar-refractivity contribution in [2.45, 2.75) is 11.0 Å². The Balaban J connectivity index is 1.28. The molecule has 0 unspecified atom stereocenters. The number of methoxy groups -OCH3 is 1. The van der Waals surface area contributed by atoms with Crippen molar-refractivity contribution < 1.29 is 23.0 Å². The molecule has 0 amide bonds. The normalized spacial score (nSPS) is 12.6. The fraction of sp³-hybridized carbons (Fsp3) is 0.227. The lowest BCUT2D eigenvalue weighted by molar-refractivity contribution is 0.172. The Morgan fingerprint density at radius 2 is 2.09 bits per heavy atom. The number of aromatic nitrogens is 2. The average molecular weight is 523 g/mol. The van der Waals surface area contributed by atoms with Crippen LogP contribution in [0.4, 0.5) is 5.69 Å². The summed E-state index contributed by atoms with van der Waals surface area (Å²) in [6, 6.07) is 11.8. The molecule has 34 heavy (non-hydrogen) atoms. The van der Waals surface area contributed by atoms with E-state index in [2.05, 4.69) is 20.2 Å². The fourth-order valence-corrected chi connectivity index (χ4v) is 5.57. The van der Waals surface area contributed by atoms with Gasteiger partial charge in [-0.3, -0.25) is 9.82 Å². The van der Waals surface area contributed by atoms with Crippen molar-refractivity contribution >= 4 is 49.6 Å². The molecule has 0 fully saturated rings. The van der Waals surface area contributed by atoms with E-state index in [0.29, 0.717) is 30.3 Å². The number of hydrogen-bond donors (Lipinski definition) is 4. The third-order valence-corrected chi connectivity index (χ3v) is 7.53. The van der Waals surface area contributed by atoms with E-state index in [0.717, 1.165) is 10.9 Å². The van der Waals surface area contributed by atoms with Gasteiger partial charge in [-0.15, -0.1) is 5.10 Å². The van der Waals surface area contributed by atoms with E-state index in [-0.39, 0.29) is 22.2 Å². The molecule has 0 saturated carbocycles. The monoisotopic (exact) mass is 522 g/mol. The van der Waals surface area contributed by atoms with Crippen LogP contribution in [0.2, 0.25) is 5.02 Å². The molecule has 4 aromatic rings. The second kappa shape index (κ2) is 10.6. The lowest BCUT2D eigenvalue weighted by atomic mass is 10.1. The minimum absolute atomic E-state index is 0.159. The van der Waals surface area contributed by atoms with Crippen molar-refractivity contribution in [3.63, 3.8) is 0 Å². The molecule has 4 N–H and O–H groups in total. The highest BCUT2D eigenvalue weighted by atomic mass is 35.5. The Bertz CT molecular complexity index is 1360. The first-order chi connectivity index (χ1) is 16.4. The average Bonchev–Trinajstić information content (AvgIpc) is 3.50. The van der Waals surface area contributed by atoms with E-state index >= 15 is 0 Å². The van der Waals surface area contributed by atoms with Crippen molar-refractivity contribution in [2.24, 2.45) is 0 Å². The molecule has 9 nitrogen and oxygen atoms in total. The van der Waals surface area contributed by atoms with Gasteiger partial charge >= 0.3 is 0 Å². The van der Waals surface area contributed by atoms with Gasteiger partial charge < -0.3 is 19.9 Å². The molecule has 180 valence electrons. The second-order valence-corrected chi connectivity index (χ2v) is 10.2. The first kappa shape index (κ1) is 24.3. The van der Waals surface area contributed by atoms with Crippen LogP contribution in [0, 0.1) is 0 Å². The molecule has 0 radical (unpaired) electrons. The third-order valence-electron chi connectivity index (χ3n) is 5.00. The van der Waals surface area contributed by atoms with Crippen molar-refractivity contribution in [1.82, 2.24) is 15.5 Å². The van der Waals surface area contributed by atoms with Gasteiger partial charge in [-0.1, -0.05) is 17.7 Å². The van der Waals surface area contributed by atoms with Crippen LogP contribution in [0.1, 0.15) is 11.7 Å². The molecule has 0 aliphatic rings. The second-order valence-electron chi connectivity index (χ2n) is 7.31. The summed E-state index contributed by atoms with van der Waals surface area (Å²) in [5.41, 5.74) is 1.55. The predicted octanol–water partition coefficient (Wildman–Crippen LogP) is 3.79. The number of H-pyrrole nitrogens is 1. The minimum Gasteiger partial charge on any atom is -0.492 e. The predicted molar refractivity (Wildman–Crippen MR) is 133 cm³/mol. The highest BCUT2D eigenvalue weighted by Gasteiger charge is 2.18. The van der Waals surface area contributed by atoms with Gasteiger partial charge in [0.05, 0.1) is 39.7 Å². The van der Waals surface area contributed by atoms with Crippen molar-refractivity contribution in [2.75, 3.05) is 31.5 Å². The molecule has 0 aliphatic carbocycles. The van der Waals surface area contributed by atoms with Gasteiger partial charge in [-0.25, -0.2) is 8.42 Å². The number of aliphatic hydroxyl groups excluding tert-OH is 1. The molecule has 1 atom stereocenters. The molecule has 0 saturated heterocycles. The quantitative estimate of drug-likeness (QED) is 0.221. The lowest BCUT2D eigenvalue weighted by Gasteiger charge is -2.15. The molecule has 0 spiro atoms. The number of aliphatic hydroxyl groups is 1. The van der Waals surface area contributed by atoms with Gasteiger partial charge in [0, 0.05) is 24.5 Å². The Labute approximate surface area is 205 Å². The number of benzene rings is 2. The number of rotatable bonds is 11. The summed E-state index contributed by atoms with van der Waals surface area (Å²) in [7, 11) is -2.19. The standard InChI is InChI=1S/C22H23ClN4O5S2/c1-31-22-17-4-3-15(11-19(17)25-26-22)32-8-7-24-12-21(28)14-2-5-18(23)20(10-14)27-34(29,30)16-6-9-33-13-16/h2-6,9-11,13,21,24,27-28H,7-8,12H2,1H3,(H,25,26)/t21-/m0/s1. The van der Waals surface area contributed by atoms with E-state index in [9.17, 15) is 13.5 Å². The Morgan fingerprint density at radius 3 is 2.85 bits per heavy atom. The SMILES string of the molecule is COc1n[nH]c2cc(OCCNC[C@H](O)c3ccc(Cl)c(NS(=O)(=O)c4ccsc4)c3)ccc12. The van der Waals surface area contributed by atoms with Crippen LogP contribution in [0.3, 0.4) is 0 Å². The van der Waals surface area contributed by atoms with Crippen molar-refractivity contribution in [3.05, 3.63) is 63.8 Å². The van der Waals surface area contributed by atoms with Crippen LogP contribution in [0.25, 0.3) is 10.9 Å². The highest BCUT2D eigenvalue weighted by molar-refractivity contribution is 7.92. The van der Waals surface area contributed by atoms with Crippen molar-refractivity contribution in [1.29, 1.82) is 0 Å². The van der Waals surface area contributed by atoms with Gasteiger partial charge in [0.25, 0.3) is 10.0 Å². The van der Waals surface area contributed by atoms with E-state index in [1.165, 1.54) is 28.8 Å². The van der Waals surface area contributed by atoms with Gasteiger partial charge in [-0.2, -0.15) is 11.3 Å². The number of nitrogens with one attached hydrogen (secondary N) is 3. The number of halogens is 1. The Morgan fingerprint density at radius 1 is 1.24 bits per heavy atom. The molecular weight excluding hydrogens is 500 g/mol. The molecule has 0 aliphatic heterocycles. The number of hydrogen-bond acceptors (Lipinski definition) is 8. The summed E-state index contributed by atoms with van der Waals surface area (Å²) in [6.07, 6.45) is -0.865. The fourth-order valence-electron chi connectivity index (χ4n) is 3.25. The number of aromatic amines is 1. The number of anilines is 1. The number of nitrogens with zero attached hydrogens (tertiary/aromatic N) is 1. The lowest BCUT2D eigenvalue weighted by Crippen LogP contribution is -2.26. The summed E-state index contributed by atoms with van der Waals surface area (Å²) in [5, 5.41) is 24.9. The van der Waals surface area contributed by atoms with Crippen LogP contribution in [0.15, 0.2) is 58.1 Å². The topological polar surface area (TPSA) is 126 Å². The van der Waals surface area contributed by atoms with Crippen molar-refractivity contribution in [3.8, 4) is 11.6 Å². The van der Waals surface area contributed by atoms with Crippen LogP contribution >= 0.6 is 22.9 Å². The first-order valence-corrected chi connectivity index (χ1v) is 13.1. The largest absolute Gasteiger partial charge is 0.492 e. The van der Waals surface area contributed by atoms with Crippen LogP contribution in [0.5, 0.6) is 11.6 Å². The number of fused-ring (bicyclic) bond motifs is 1. The summed E-state index contributed by atoms with van der Waals surface area (Å²) in [4.78, 5) is 0.159. The Hall–Kier alpha value is -2.83. The van der Waals surface area contributed by atoms with Gasteiger partial charge in [0.1, 0.15) is 12.4 Å². The highest BCUT2D eigenvalue weighted by Crippen LogP contribution is 2.29. The van der Waals surface area contributed by atoms with E-state index in [4.69, 9.17) is 21.1 Å². The zero-order valence-electron chi connectivity index (χ0n) is 18.1. The summed E-state index contributed by atoms with van der Waals surface area (Å²) >= 11 is 7.45. The van der Waals surface area contributed by atoms with E-state index in [1.54, 1.807) is 24.6 Å². The van der Waals surface area contributed by atoms with Gasteiger partial charge in [0.2, 0.25) is 5.88 Å². The number of sulfonamides is 1. The molecule has 4 rings (SSSR count). The summed E-state index contributed by atoms with van der Waals surface area (Å²) < 4.78 is 38.4.